The van der Waals surface area contributed by atoms with Crippen LogP contribution in [0.1, 0.15) is 58.6 Å². The van der Waals surface area contributed by atoms with Gasteiger partial charge in [-0.15, -0.1) is 0 Å². The molecule has 0 spiro atoms. The summed E-state index contributed by atoms with van der Waals surface area (Å²) in [7, 11) is 0. The zero-order valence-electron chi connectivity index (χ0n) is 15.7. The van der Waals surface area contributed by atoms with Crippen LogP contribution in [0.3, 0.4) is 0 Å². The van der Waals surface area contributed by atoms with E-state index in [9.17, 15) is 4.79 Å². The zero-order chi connectivity index (χ0) is 17.5. The first-order valence-corrected chi connectivity index (χ1v) is 9.02. The summed E-state index contributed by atoms with van der Waals surface area (Å²) in [6.07, 6.45) is 2.33. The van der Waals surface area contributed by atoms with Crippen molar-refractivity contribution in [2.45, 2.75) is 65.0 Å². The first-order chi connectivity index (χ1) is 11.2. The summed E-state index contributed by atoms with van der Waals surface area (Å²) in [4.78, 5) is 16.8. The van der Waals surface area contributed by atoms with Gasteiger partial charge < -0.3 is 14.5 Å². The van der Waals surface area contributed by atoms with Gasteiger partial charge in [0.2, 0.25) is 0 Å². The minimum Gasteiger partial charge on any atom is -0.444 e. The molecule has 0 N–H and O–H groups in total. The van der Waals surface area contributed by atoms with E-state index in [0.717, 1.165) is 13.1 Å². The average Bonchev–Trinajstić information content (AvgIpc) is 2.98. The summed E-state index contributed by atoms with van der Waals surface area (Å²) in [6.45, 7) is 13.8. The van der Waals surface area contributed by atoms with E-state index in [1.165, 1.54) is 29.7 Å². The molecule has 0 radical (unpaired) electrons. The third-order valence-electron chi connectivity index (χ3n) is 4.89. The highest BCUT2D eigenvalue weighted by Crippen LogP contribution is 2.36. The predicted octanol–water partition coefficient (Wildman–Crippen LogP) is 4.32. The summed E-state index contributed by atoms with van der Waals surface area (Å²) < 4.78 is 5.59. The van der Waals surface area contributed by atoms with E-state index in [4.69, 9.17) is 4.74 Å². The van der Waals surface area contributed by atoms with Gasteiger partial charge >= 0.3 is 6.09 Å². The van der Waals surface area contributed by atoms with Crippen LogP contribution in [0.25, 0.3) is 0 Å². The first kappa shape index (κ1) is 17.1. The number of hydrogen-bond donors (Lipinski definition) is 0. The number of benzene rings is 1. The molecule has 1 aromatic rings. The molecule has 3 rings (SSSR count). The average molecular weight is 330 g/mol. The highest BCUT2D eigenvalue weighted by molar-refractivity contribution is 5.69. The normalized spacial score (nSPS) is 20.0. The quantitative estimate of drug-likeness (QED) is 0.769. The molecule has 0 unspecified atom stereocenters. The van der Waals surface area contributed by atoms with Gasteiger partial charge in [0.1, 0.15) is 5.60 Å². The Bertz CT molecular complexity index is 625. The van der Waals surface area contributed by atoms with Crippen molar-refractivity contribution in [3.05, 3.63) is 29.3 Å². The van der Waals surface area contributed by atoms with Crippen LogP contribution >= 0.6 is 0 Å². The van der Waals surface area contributed by atoms with Gasteiger partial charge in [-0.25, -0.2) is 4.79 Å². The van der Waals surface area contributed by atoms with Crippen LogP contribution in [0.2, 0.25) is 0 Å². The van der Waals surface area contributed by atoms with Gasteiger partial charge in [0.25, 0.3) is 0 Å². The van der Waals surface area contributed by atoms with Crippen LogP contribution in [0.5, 0.6) is 0 Å². The number of rotatable bonds is 1. The van der Waals surface area contributed by atoms with Gasteiger partial charge in [0, 0.05) is 37.3 Å². The lowest BCUT2D eigenvalue weighted by Crippen LogP contribution is -2.46. The Labute approximate surface area is 145 Å². The molecule has 0 aliphatic carbocycles. The molecule has 4 heteroatoms. The van der Waals surface area contributed by atoms with E-state index in [2.05, 4.69) is 36.9 Å². The van der Waals surface area contributed by atoms with E-state index >= 15 is 0 Å². The van der Waals surface area contributed by atoms with Crippen molar-refractivity contribution >= 4 is 11.8 Å². The molecule has 2 heterocycles. The van der Waals surface area contributed by atoms with Crippen LogP contribution in [0, 0.1) is 0 Å². The van der Waals surface area contributed by atoms with Crippen molar-refractivity contribution in [2.75, 3.05) is 24.5 Å². The van der Waals surface area contributed by atoms with Crippen LogP contribution in [-0.4, -0.2) is 36.2 Å². The Balaban J connectivity index is 1.86. The molecule has 0 bridgehead atoms. The van der Waals surface area contributed by atoms with Crippen molar-refractivity contribution < 1.29 is 9.53 Å². The Morgan fingerprint density at radius 1 is 1.17 bits per heavy atom. The molecule has 1 saturated heterocycles. The Hall–Kier alpha value is -1.71. The number of hydrogen-bond acceptors (Lipinski definition) is 3. The van der Waals surface area contributed by atoms with Crippen LogP contribution < -0.4 is 4.90 Å². The molecule has 2 aliphatic heterocycles. The topological polar surface area (TPSA) is 32.8 Å². The van der Waals surface area contributed by atoms with Gasteiger partial charge in [-0.1, -0.05) is 19.9 Å². The fourth-order valence-electron chi connectivity index (χ4n) is 3.82. The van der Waals surface area contributed by atoms with Gasteiger partial charge in [-0.3, -0.25) is 0 Å². The van der Waals surface area contributed by atoms with E-state index in [-0.39, 0.29) is 11.5 Å². The number of amides is 1. The fourth-order valence-corrected chi connectivity index (χ4v) is 3.82. The standard InChI is InChI=1S/C20H30N2O2/c1-19(2,3)24-18(23)22-13-15-12-16(21-10-6-7-11-21)8-9-17(15)20(4,5)14-22/h8-9,12H,6-7,10-11,13-14H2,1-5H3. The maximum absolute atomic E-state index is 12.5. The number of ether oxygens (including phenoxy) is 1. The van der Waals surface area contributed by atoms with Crippen molar-refractivity contribution in [1.82, 2.24) is 4.90 Å². The third-order valence-corrected chi connectivity index (χ3v) is 4.89. The number of carbonyl (C=O) groups excluding carboxylic acids is 1. The second kappa shape index (κ2) is 5.98. The highest BCUT2D eigenvalue weighted by Gasteiger charge is 2.36. The van der Waals surface area contributed by atoms with Crippen molar-refractivity contribution in [3.8, 4) is 0 Å². The molecule has 2 aliphatic rings. The molecule has 132 valence electrons. The lowest BCUT2D eigenvalue weighted by atomic mass is 9.78. The molecular weight excluding hydrogens is 300 g/mol. The Morgan fingerprint density at radius 3 is 2.46 bits per heavy atom. The highest BCUT2D eigenvalue weighted by atomic mass is 16.6. The minimum absolute atomic E-state index is 0.0615. The van der Waals surface area contributed by atoms with E-state index in [0.29, 0.717) is 13.1 Å². The zero-order valence-corrected chi connectivity index (χ0v) is 15.7. The molecule has 0 aromatic heterocycles. The van der Waals surface area contributed by atoms with E-state index < -0.39 is 5.60 Å². The maximum Gasteiger partial charge on any atom is 0.410 e. The second-order valence-electron chi connectivity index (χ2n) is 8.76. The van der Waals surface area contributed by atoms with Gasteiger partial charge in [-0.05, 0) is 56.9 Å². The minimum atomic E-state index is -0.459. The number of nitrogens with zero attached hydrogens (tertiary/aromatic N) is 2. The Kier molecular flexibility index (Phi) is 4.27. The van der Waals surface area contributed by atoms with Crippen LogP contribution in [-0.2, 0) is 16.7 Å². The molecule has 1 fully saturated rings. The summed E-state index contributed by atoms with van der Waals surface area (Å²) in [5.74, 6) is 0. The van der Waals surface area contributed by atoms with E-state index in [1.54, 1.807) is 0 Å². The summed E-state index contributed by atoms with van der Waals surface area (Å²) >= 11 is 0. The maximum atomic E-state index is 12.5. The molecular formula is C20H30N2O2. The lowest BCUT2D eigenvalue weighted by molar-refractivity contribution is 0.0174. The summed E-state index contributed by atoms with van der Waals surface area (Å²) in [5, 5.41) is 0. The van der Waals surface area contributed by atoms with Crippen molar-refractivity contribution in [2.24, 2.45) is 0 Å². The molecule has 0 saturated carbocycles. The SMILES string of the molecule is CC(C)(C)OC(=O)N1Cc2cc(N3CCCC3)ccc2C(C)(C)C1. The number of carbonyl (C=O) groups is 1. The Morgan fingerprint density at radius 2 is 1.83 bits per heavy atom. The molecule has 0 atom stereocenters. The number of anilines is 1. The van der Waals surface area contributed by atoms with Gasteiger partial charge in [-0.2, -0.15) is 0 Å². The van der Waals surface area contributed by atoms with Gasteiger partial charge in [0.15, 0.2) is 0 Å². The summed E-state index contributed by atoms with van der Waals surface area (Å²) in [5.41, 5.74) is 3.37. The second-order valence-corrected chi connectivity index (χ2v) is 8.76. The van der Waals surface area contributed by atoms with Gasteiger partial charge in [0.05, 0.1) is 0 Å². The van der Waals surface area contributed by atoms with Crippen LogP contribution in [0.4, 0.5) is 10.5 Å². The van der Waals surface area contributed by atoms with Crippen molar-refractivity contribution in [3.63, 3.8) is 0 Å². The monoisotopic (exact) mass is 330 g/mol. The first-order valence-electron chi connectivity index (χ1n) is 9.02. The smallest absolute Gasteiger partial charge is 0.410 e. The fraction of sp³-hybridized carbons (Fsp3) is 0.650. The summed E-state index contributed by atoms with van der Waals surface area (Å²) in [6, 6.07) is 6.78. The molecule has 4 nitrogen and oxygen atoms in total. The van der Waals surface area contributed by atoms with E-state index in [1.807, 2.05) is 25.7 Å². The van der Waals surface area contributed by atoms with Crippen molar-refractivity contribution in [1.29, 1.82) is 0 Å². The largest absolute Gasteiger partial charge is 0.444 e. The molecule has 24 heavy (non-hydrogen) atoms. The third kappa shape index (κ3) is 3.52. The molecule has 1 aromatic carbocycles. The lowest BCUT2D eigenvalue weighted by Gasteiger charge is -2.40. The van der Waals surface area contributed by atoms with Crippen LogP contribution in [0.15, 0.2) is 18.2 Å². The number of fused-ring (bicyclic) bond motifs is 1. The predicted molar refractivity (Wildman–Crippen MR) is 97.6 cm³/mol. The molecule has 1 amide bonds.